The number of hydrogen-bond donors (Lipinski definition) is 2. The van der Waals surface area contributed by atoms with Crippen LogP contribution < -0.4 is 20.1 Å². The fourth-order valence-electron chi connectivity index (χ4n) is 2.12. The average molecular weight is 340 g/mol. The molecular formula is C20H24N2O3. The Balaban J connectivity index is 1.88. The van der Waals surface area contributed by atoms with E-state index in [2.05, 4.69) is 17.2 Å². The van der Waals surface area contributed by atoms with Gasteiger partial charge in [0.2, 0.25) is 5.91 Å². The van der Waals surface area contributed by atoms with Crippen molar-refractivity contribution in [2.24, 2.45) is 0 Å². The second-order valence-corrected chi connectivity index (χ2v) is 5.60. The zero-order valence-electron chi connectivity index (χ0n) is 14.7. The molecule has 0 saturated carbocycles. The van der Waals surface area contributed by atoms with E-state index < -0.39 is 0 Å². The van der Waals surface area contributed by atoms with E-state index in [1.807, 2.05) is 62.4 Å². The first-order chi connectivity index (χ1) is 12.1. The molecule has 0 heterocycles. The molecule has 0 saturated heterocycles. The Morgan fingerprint density at radius 1 is 1.08 bits per heavy atom. The van der Waals surface area contributed by atoms with Gasteiger partial charge in [0, 0.05) is 5.69 Å². The van der Waals surface area contributed by atoms with E-state index in [-0.39, 0.29) is 12.5 Å². The summed E-state index contributed by atoms with van der Waals surface area (Å²) in [6.45, 7) is 8.85. The lowest BCUT2D eigenvalue weighted by Crippen LogP contribution is -2.22. The van der Waals surface area contributed by atoms with Gasteiger partial charge in [-0.15, -0.1) is 0 Å². The van der Waals surface area contributed by atoms with Gasteiger partial charge < -0.3 is 20.1 Å². The number of rotatable bonds is 9. The van der Waals surface area contributed by atoms with Crippen LogP contribution in [0.1, 0.15) is 13.8 Å². The first kappa shape index (κ1) is 18.4. The summed E-state index contributed by atoms with van der Waals surface area (Å²) in [6.07, 6.45) is 0. The molecule has 0 aliphatic carbocycles. The molecule has 5 heteroatoms. The summed E-state index contributed by atoms with van der Waals surface area (Å²) >= 11 is 0. The third-order valence-electron chi connectivity index (χ3n) is 3.25. The van der Waals surface area contributed by atoms with E-state index in [9.17, 15) is 4.79 Å². The normalized spacial score (nSPS) is 10.0. The number of para-hydroxylation sites is 2. The summed E-state index contributed by atoms with van der Waals surface area (Å²) in [5.74, 6) is 1.33. The number of carbonyl (C=O) groups excluding carboxylic acids is 1. The van der Waals surface area contributed by atoms with E-state index in [1.165, 1.54) is 0 Å². The summed E-state index contributed by atoms with van der Waals surface area (Å²) < 4.78 is 11.1. The highest BCUT2D eigenvalue weighted by Gasteiger charge is 2.06. The molecule has 0 radical (unpaired) electrons. The van der Waals surface area contributed by atoms with Gasteiger partial charge in [0.05, 0.1) is 18.8 Å². The average Bonchev–Trinajstić information content (AvgIpc) is 2.61. The Hall–Kier alpha value is -2.95. The number of nitrogens with one attached hydrogen (secondary N) is 2. The molecule has 0 atom stereocenters. The quantitative estimate of drug-likeness (QED) is 0.675. The van der Waals surface area contributed by atoms with Crippen molar-refractivity contribution < 1.29 is 14.3 Å². The number of hydrogen-bond acceptors (Lipinski definition) is 4. The van der Waals surface area contributed by atoms with Crippen LogP contribution in [0.4, 0.5) is 11.4 Å². The summed E-state index contributed by atoms with van der Waals surface area (Å²) in [5, 5.41) is 5.94. The van der Waals surface area contributed by atoms with Crippen molar-refractivity contribution >= 4 is 17.3 Å². The summed E-state index contributed by atoms with van der Waals surface area (Å²) in [5.41, 5.74) is 2.43. The number of benzene rings is 2. The van der Waals surface area contributed by atoms with Crippen molar-refractivity contribution in [1.82, 2.24) is 0 Å². The monoisotopic (exact) mass is 340 g/mol. The second-order valence-electron chi connectivity index (χ2n) is 5.60. The molecule has 0 aliphatic heterocycles. The molecule has 0 aliphatic rings. The summed E-state index contributed by atoms with van der Waals surface area (Å²) in [6, 6.07) is 14.8. The first-order valence-corrected chi connectivity index (χ1v) is 8.21. The standard InChI is InChI=1S/C20H24N2O3/c1-4-24-17-11-9-16(10-12-17)22-20(23)13-21-18-7-5-6-8-19(18)25-14-15(2)3/h5-12,21H,2,4,13-14H2,1,3H3,(H,22,23). The molecule has 2 rings (SSSR count). The molecule has 25 heavy (non-hydrogen) atoms. The topological polar surface area (TPSA) is 59.6 Å². The first-order valence-electron chi connectivity index (χ1n) is 8.21. The van der Waals surface area contributed by atoms with E-state index in [1.54, 1.807) is 0 Å². The molecule has 0 bridgehead atoms. The van der Waals surface area contributed by atoms with Gasteiger partial charge in [-0.1, -0.05) is 18.7 Å². The number of amides is 1. The van der Waals surface area contributed by atoms with Gasteiger partial charge in [-0.05, 0) is 55.8 Å². The van der Waals surface area contributed by atoms with Crippen LogP contribution in [0.3, 0.4) is 0 Å². The second kappa shape index (κ2) is 9.37. The van der Waals surface area contributed by atoms with Crippen LogP contribution in [0, 0.1) is 0 Å². The highest BCUT2D eigenvalue weighted by Crippen LogP contribution is 2.24. The van der Waals surface area contributed by atoms with E-state index in [0.717, 1.165) is 22.7 Å². The van der Waals surface area contributed by atoms with Gasteiger partial charge in [0.15, 0.2) is 0 Å². The van der Waals surface area contributed by atoms with E-state index in [4.69, 9.17) is 9.47 Å². The van der Waals surface area contributed by atoms with Crippen molar-refractivity contribution in [3.63, 3.8) is 0 Å². The smallest absolute Gasteiger partial charge is 0.243 e. The SMILES string of the molecule is C=C(C)COc1ccccc1NCC(=O)Nc1ccc(OCC)cc1. The van der Waals surface area contributed by atoms with Gasteiger partial charge in [0.25, 0.3) is 0 Å². The van der Waals surface area contributed by atoms with E-state index >= 15 is 0 Å². The van der Waals surface area contributed by atoms with Crippen molar-refractivity contribution in [3.8, 4) is 11.5 Å². The maximum atomic E-state index is 12.1. The molecule has 0 aromatic heterocycles. The Bertz CT molecular complexity index is 711. The molecule has 0 fully saturated rings. The van der Waals surface area contributed by atoms with Gasteiger partial charge >= 0.3 is 0 Å². The predicted molar refractivity (Wildman–Crippen MR) is 101 cm³/mol. The van der Waals surface area contributed by atoms with Crippen LogP contribution in [0.25, 0.3) is 0 Å². The fraction of sp³-hybridized carbons (Fsp3) is 0.250. The lowest BCUT2D eigenvalue weighted by Gasteiger charge is -2.13. The lowest BCUT2D eigenvalue weighted by atomic mass is 10.2. The van der Waals surface area contributed by atoms with Crippen LogP contribution in [-0.2, 0) is 4.79 Å². The Morgan fingerprint density at radius 3 is 2.48 bits per heavy atom. The van der Waals surface area contributed by atoms with Gasteiger partial charge in [0.1, 0.15) is 18.1 Å². The van der Waals surface area contributed by atoms with Crippen molar-refractivity contribution in [1.29, 1.82) is 0 Å². The van der Waals surface area contributed by atoms with Crippen LogP contribution in [0.5, 0.6) is 11.5 Å². The molecule has 0 spiro atoms. The molecule has 5 nitrogen and oxygen atoms in total. The van der Waals surface area contributed by atoms with Gasteiger partial charge in [-0.3, -0.25) is 4.79 Å². The molecule has 2 aromatic rings. The Kier molecular flexibility index (Phi) is 6.89. The summed E-state index contributed by atoms with van der Waals surface area (Å²) in [4.78, 5) is 12.1. The minimum Gasteiger partial charge on any atom is -0.494 e. The minimum absolute atomic E-state index is 0.140. The maximum absolute atomic E-state index is 12.1. The molecule has 0 unspecified atom stereocenters. The summed E-state index contributed by atoms with van der Waals surface area (Å²) in [7, 11) is 0. The van der Waals surface area contributed by atoms with Gasteiger partial charge in [-0.2, -0.15) is 0 Å². The highest BCUT2D eigenvalue weighted by molar-refractivity contribution is 5.94. The number of anilines is 2. The van der Waals surface area contributed by atoms with Crippen molar-refractivity contribution in [2.75, 3.05) is 30.4 Å². The molecular weight excluding hydrogens is 316 g/mol. The number of carbonyl (C=O) groups is 1. The third kappa shape index (κ3) is 6.22. The van der Waals surface area contributed by atoms with Crippen LogP contribution >= 0.6 is 0 Å². The zero-order valence-corrected chi connectivity index (χ0v) is 14.7. The minimum atomic E-state index is -0.140. The van der Waals surface area contributed by atoms with Gasteiger partial charge in [-0.25, -0.2) is 0 Å². The van der Waals surface area contributed by atoms with Crippen LogP contribution in [0.15, 0.2) is 60.7 Å². The van der Waals surface area contributed by atoms with Crippen LogP contribution in [0.2, 0.25) is 0 Å². The Labute approximate surface area is 148 Å². The molecule has 1 amide bonds. The Morgan fingerprint density at radius 2 is 1.80 bits per heavy atom. The molecule has 2 N–H and O–H groups in total. The maximum Gasteiger partial charge on any atom is 0.243 e. The zero-order chi connectivity index (χ0) is 18.1. The fourth-order valence-corrected chi connectivity index (χ4v) is 2.12. The van der Waals surface area contributed by atoms with Crippen molar-refractivity contribution in [2.45, 2.75) is 13.8 Å². The van der Waals surface area contributed by atoms with E-state index in [0.29, 0.717) is 19.0 Å². The highest BCUT2D eigenvalue weighted by atomic mass is 16.5. The van der Waals surface area contributed by atoms with Crippen LogP contribution in [-0.4, -0.2) is 25.7 Å². The lowest BCUT2D eigenvalue weighted by molar-refractivity contribution is -0.114. The third-order valence-corrected chi connectivity index (χ3v) is 3.25. The predicted octanol–water partition coefficient (Wildman–Crippen LogP) is 4.09. The van der Waals surface area contributed by atoms with Crippen molar-refractivity contribution in [3.05, 3.63) is 60.7 Å². The molecule has 2 aromatic carbocycles. The largest absolute Gasteiger partial charge is 0.494 e. The molecule has 132 valence electrons. The number of ether oxygens (including phenoxy) is 2.